The van der Waals surface area contributed by atoms with Crippen molar-refractivity contribution in [3.8, 4) is 0 Å². The van der Waals surface area contributed by atoms with E-state index >= 15 is 0 Å². The minimum Gasteiger partial charge on any atom is -0.284 e. The highest BCUT2D eigenvalue weighted by Gasteiger charge is 2.40. The van der Waals surface area contributed by atoms with Crippen LogP contribution in [0.3, 0.4) is 0 Å². The predicted octanol–water partition coefficient (Wildman–Crippen LogP) is 4.68. The Hall–Kier alpha value is -1.32. The molecule has 0 heterocycles. The highest BCUT2D eigenvalue weighted by molar-refractivity contribution is 6.01. The second-order valence-electron chi connectivity index (χ2n) is 4.98. The minimum absolute atomic E-state index is 0.0889. The summed E-state index contributed by atoms with van der Waals surface area (Å²) in [5.41, 5.74) is 0.970. The van der Waals surface area contributed by atoms with Crippen LogP contribution in [0, 0.1) is 0 Å². The van der Waals surface area contributed by atoms with Gasteiger partial charge in [-0.15, -0.1) is 0 Å². The molecule has 0 aliphatic heterocycles. The molecule has 0 amide bonds. The molecule has 0 saturated carbocycles. The number of alkyl halides is 3. The first-order valence-corrected chi connectivity index (χ1v) is 5.90. The van der Waals surface area contributed by atoms with Crippen LogP contribution in [0.5, 0.6) is 0 Å². The monoisotopic (exact) mass is 258 g/mol. The van der Waals surface area contributed by atoms with E-state index in [2.05, 4.69) is 0 Å². The van der Waals surface area contributed by atoms with E-state index < -0.39 is 12.0 Å². The van der Waals surface area contributed by atoms with Crippen molar-refractivity contribution < 1.29 is 18.0 Å². The summed E-state index contributed by atoms with van der Waals surface area (Å²) in [4.78, 5) is 11.4. The van der Waals surface area contributed by atoms with E-state index in [0.717, 1.165) is 5.56 Å². The molecule has 1 nitrogen and oxygen atoms in total. The van der Waals surface area contributed by atoms with Crippen LogP contribution in [0.25, 0.3) is 0 Å². The molecule has 1 aromatic carbocycles. The van der Waals surface area contributed by atoms with Gasteiger partial charge in [0.2, 0.25) is 0 Å². The van der Waals surface area contributed by atoms with Crippen LogP contribution in [0.2, 0.25) is 0 Å². The van der Waals surface area contributed by atoms with Gasteiger partial charge >= 0.3 is 6.18 Å². The summed E-state index contributed by atoms with van der Waals surface area (Å²) in [6.45, 7) is 7.31. The third kappa shape index (κ3) is 3.12. The van der Waals surface area contributed by atoms with E-state index in [1.807, 2.05) is 13.8 Å². The molecule has 0 radical (unpaired) electrons. The van der Waals surface area contributed by atoms with Crippen LogP contribution < -0.4 is 0 Å². The van der Waals surface area contributed by atoms with Gasteiger partial charge in [0, 0.05) is 5.56 Å². The van der Waals surface area contributed by atoms with Crippen molar-refractivity contribution in [1.29, 1.82) is 0 Å². The average molecular weight is 258 g/mol. The topological polar surface area (TPSA) is 17.1 Å². The van der Waals surface area contributed by atoms with Crippen molar-refractivity contribution in [2.75, 3.05) is 0 Å². The first-order chi connectivity index (χ1) is 8.14. The molecule has 0 N–H and O–H groups in total. The molecule has 18 heavy (non-hydrogen) atoms. The van der Waals surface area contributed by atoms with Crippen LogP contribution in [-0.4, -0.2) is 12.0 Å². The Balaban J connectivity index is 3.37. The fraction of sp³-hybridized carbons (Fsp3) is 0.500. The molecule has 0 aromatic heterocycles. The van der Waals surface area contributed by atoms with Gasteiger partial charge < -0.3 is 0 Å². The zero-order valence-corrected chi connectivity index (χ0v) is 10.9. The van der Waals surface area contributed by atoms with E-state index in [1.54, 1.807) is 26.0 Å². The van der Waals surface area contributed by atoms with E-state index in [9.17, 15) is 18.0 Å². The van der Waals surface area contributed by atoms with Crippen molar-refractivity contribution in [3.63, 3.8) is 0 Å². The third-order valence-corrected chi connectivity index (χ3v) is 2.87. The Morgan fingerprint density at radius 3 is 2.00 bits per heavy atom. The maximum absolute atomic E-state index is 12.6. The molecule has 0 aliphatic rings. The van der Waals surface area contributed by atoms with Gasteiger partial charge in [-0.2, -0.15) is 13.2 Å². The standard InChI is InChI=1S/C14H17F3O/c1-8(2)10-5-6-11(9(3)4)12(7-10)13(18)14(15,16)17/h5-9H,1-4H3. The van der Waals surface area contributed by atoms with Crippen molar-refractivity contribution in [2.45, 2.75) is 45.7 Å². The van der Waals surface area contributed by atoms with E-state index in [1.165, 1.54) is 6.07 Å². The number of rotatable bonds is 3. The molecule has 0 bridgehead atoms. The van der Waals surface area contributed by atoms with E-state index in [4.69, 9.17) is 0 Å². The Bertz CT molecular complexity index is 445. The fourth-order valence-electron chi connectivity index (χ4n) is 1.79. The zero-order chi connectivity index (χ0) is 14.1. The van der Waals surface area contributed by atoms with Crippen LogP contribution in [0.15, 0.2) is 18.2 Å². The van der Waals surface area contributed by atoms with Gasteiger partial charge in [0.05, 0.1) is 0 Å². The summed E-state index contributed by atoms with van der Waals surface area (Å²) in [6, 6.07) is 4.78. The van der Waals surface area contributed by atoms with Crippen LogP contribution in [0.1, 0.15) is 61.0 Å². The van der Waals surface area contributed by atoms with Crippen molar-refractivity contribution in [1.82, 2.24) is 0 Å². The quantitative estimate of drug-likeness (QED) is 0.719. The van der Waals surface area contributed by atoms with Gasteiger partial charge in [0.15, 0.2) is 0 Å². The van der Waals surface area contributed by atoms with Gasteiger partial charge in [-0.3, -0.25) is 4.79 Å². The minimum atomic E-state index is -4.82. The summed E-state index contributed by atoms with van der Waals surface area (Å²) in [5, 5.41) is 0. The van der Waals surface area contributed by atoms with Gasteiger partial charge in [-0.05, 0) is 29.0 Å². The highest BCUT2D eigenvalue weighted by Crippen LogP contribution is 2.29. The third-order valence-electron chi connectivity index (χ3n) is 2.87. The average Bonchev–Trinajstić information content (AvgIpc) is 2.25. The number of halogens is 3. The SMILES string of the molecule is CC(C)c1ccc(C(C)C)c(C(=O)C(F)(F)F)c1. The number of ketones is 1. The number of carbonyl (C=O) groups is 1. The molecule has 1 rings (SSSR count). The summed E-state index contributed by atoms with van der Waals surface area (Å²) in [6.07, 6.45) is -4.82. The van der Waals surface area contributed by atoms with Gasteiger partial charge in [-0.25, -0.2) is 0 Å². The normalized spacial score (nSPS) is 12.3. The Morgan fingerprint density at radius 1 is 1.06 bits per heavy atom. The Morgan fingerprint density at radius 2 is 1.61 bits per heavy atom. The molecule has 0 aliphatic carbocycles. The maximum Gasteiger partial charge on any atom is 0.454 e. The second-order valence-corrected chi connectivity index (χ2v) is 4.98. The zero-order valence-electron chi connectivity index (χ0n) is 10.9. The van der Waals surface area contributed by atoms with E-state index in [-0.39, 0.29) is 17.4 Å². The predicted molar refractivity (Wildman–Crippen MR) is 65.0 cm³/mol. The summed E-state index contributed by atoms with van der Waals surface area (Å²) < 4.78 is 37.7. The largest absolute Gasteiger partial charge is 0.454 e. The number of hydrogen-bond acceptors (Lipinski definition) is 1. The van der Waals surface area contributed by atoms with Gasteiger partial charge in [-0.1, -0.05) is 39.8 Å². The van der Waals surface area contributed by atoms with Crippen molar-refractivity contribution in [3.05, 3.63) is 34.9 Å². The lowest BCUT2D eigenvalue weighted by Gasteiger charge is -2.16. The lowest BCUT2D eigenvalue weighted by Crippen LogP contribution is -2.24. The molecule has 4 heteroatoms. The molecule has 0 spiro atoms. The summed E-state index contributed by atoms with van der Waals surface area (Å²) >= 11 is 0. The number of Topliss-reactive ketones (excluding diaryl/α,β-unsaturated/α-hetero) is 1. The number of benzene rings is 1. The molecule has 1 aromatic rings. The number of carbonyl (C=O) groups excluding carboxylic acids is 1. The van der Waals surface area contributed by atoms with Crippen LogP contribution in [0.4, 0.5) is 13.2 Å². The lowest BCUT2D eigenvalue weighted by atomic mass is 9.90. The van der Waals surface area contributed by atoms with Crippen LogP contribution in [-0.2, 0) is 0 Å². The molecular formula is C14H17F3O. The summed E-state index contributed by atoms with van der Waals surface area (Å²) in [7, 11) is 0. The van der Waals surface area contributed by atoms with Crippen molar-refractivity contribution >= 4 is 5.78 Å². The maximum atomic E-state index is 12.6. The van der Waals surface area contributed by atoms with E-state index in [0.29, 0.717) is 5.56 Å². The van der Waals surface area contributed by atoms with Gasteiger partial charge in [0.1, 0.15) is 0 Å². The molecule has 0 unspecified atom stereocenters. The number of hydrogen-bond donors (Lipinski definition) is 0. The highest BCUT2D eigenvalue weighted by atomic mass is 19.4. The lowest BCUT2D eigenvalue weighted by molar-refractivity contribution is -0.0885. The van der Waals surface area contributed by atoms with Crippen molar-refractivity contribution in [2.24, 2.45) is 0 Å². The molecule has 100 valence electrons. The van der Waals surface area contributed by atoms with Crippen LogP contribution >= 0.6 is 0 Å². The Labute approximate surface area is 105 Å². The first-order valence-electron chi connectivity index (χ1n) is 5.90. The molecule has 0 fully saturated rings. The molecular weight excluding hydrogens is 241 g/mol. The molecule has 0 saturated heterocycles. The smallest absolute Gasteiger partial charge is 0.284 e. The summed E-state index contributed by atoms with van der Waals surface area (Å²) in [5.74, 6) is -1.78. The Kier molecular flexibility index (Phi) is 4.20. The van der Waals surface area contributed by atoms with Gasteiger partial charge in [0.25, 0.3) is 5.78 Å². The second kappa shape index (κ2) is 5.12. The fourth-order valence-corrected chi connectivity index (χ4v) is 1.79. The first kappa shape index (κ1) is 14.7. The molecule has 0 atom stereocenters.